The summed E-state index contributed by atoms with van der Waals surface area (Å²) < 4.78 is 0. The van der Waals surface area contributed by atoms with Crippen LogP contribution in [0.1, 0.15) is 25.8 Å². The molecule has 1 aromatic carbocycles. The molecule has 0 spiro atoms. The van der Waals surface area contributed by atoms with Gasteiger partial charge >= 0.3 is 0 Å². The Morgan fingerprint density at radius 2 is 2.16 bits per heavy atom. The SMILES string of the molecule is CC(C)CN(CCC(N)=NO)Cc1cccc(O)c1. The van der Waals surface area contributed by atoms with E-state index in [9.17, 15) is 5.11 Å². The Kier molecular flexibility index (Phi) is 6.15. The first kappa shape index (κ1) is 15.3. The molecule has 0 bridgehead atoms. The van der Waals surface area contributed by atoms with E-state index in [0.717, 1.165) is 25.2 Å². The van der Waals surface area contributed by atoms with Gasteiger partial charge in [-0.2, -0.15) is 0 Å². The van der Waals surface area contributed by atoms with Gasteiger partial charge in [-0.15, -0.1) is 0 Å². The zero-order valence-electron chi connectivity index (χ0n) is 11.6. The van der Waals surface area contributed by atoms with Crippen molar-refractivity contribution in [3.8, 4) is 5.75 Å². The van der Waals surface area contributed by atoms with E-state index in [0.29, 0.717) is 12.3 Å². The van der Waals surface area contributed by atoms with Gasteiger partial charge in [0, 0.05) is 26.1 Å². The Balaban J connectivity index is 2.63. The van der Waals surface area contributed by atoms with Gasteiger partial charge in [0.05, 0.1) is 0 Å². The monoisotopic (exact) mass is 265 g/mol. The molecule has 0 atom stereocenters. The molecule has 0 saturated carbocycles. The smallest absolute Gasteiger partial charge is 0.140 e. The third-order valence-corrected chi connectivity index (χ3v) is 2.75. The van der Waals surface area contributed by atoms with Crippen LogP contribution in [-0.4, -0.2) is 34.1 Å². The zero-order valence-corrected chi connectivity index (χ0v) is 11.6. The fraction of sp³-hybridized carbons (Fsp3) is 0.500. The van der Waals surface area contributed by atoms with Gasteiger partial charge in [0.15, 0.2) is 0 Å². The topological polar surface area (TPSA) is 82.1 Å². The second-order valence-corrected chi connectivity index (χ2v) is 5.14. The van der Waals surface area contributed by atoms with Crippen molar-refractivity contribution < 1.29 is 10.3 Å². The van der Waals surface area contributed by atoms with Crippen molar-refractivity contribution in [3.63, 3.8) is 0 Å². The van der Waals surface area contributed by atoms with Gasteiger partial charge in [0.2, 0.25) is 0 Å². The number of hydrogen-bond acceptors (Lipinski definition) is 4. The average Bonchev–Trinajstić information content (AvgIpc) is 2.35. The number of phenolic OH excluding ortho intramolecular Hbond substituents is 1. The van der Waals surface area contributed by atoms with Crippen molar-refractivity contribution in [2.75, 3.05) is 13.1 Å². The van der Waals surface area contributed by atoms with Crippen LogP contribution in [0.2, 0.25) is 0 Å². The molecular formula is C14H23N3O2. The molecule has 1 aromatic rings. The summed E-state index contributed by atoms with van der Waals surface area (Å²) in [7, 11) is 0. The predicted octanol–water partition coefficient (Wildman–Crippen LogP) is 1.99. The van der Waals surface area contributed by atoms with E-state index in [-0.39, 0.29) is 11.6 Å². The summed E-state index contributed by atoms with van der Waals surface area (Å²) in [5.74, 6) is 1.05. The maximum atomic E-state index is 9.47. The van der Waals surface area contributed by atoms with Gasteiger partial charge in [-0.25, -0.2) is 0 Å². The Hall–Kier alpha value is -1.75. The van der Waals surface area contributed by atoms with Crippen molar-refractivity contribution in [3.05, 3.63) is 29.8 Å². The number of rotatable bonds is 7. The highest BCUT2D eigenvalue weighted by molar-refractivity contribution is 5.79. The zero-order chi connectivity index (χ0) is 14.3. The highest BCUT2D eigenvalue weighted by Gasteiger charge is 2.09. The molecule has 4 N–H and O–H groups in total. The third kappa shape index (κ3) is 6.10. The molecule has 0 heterocycles. The Morgan fingerprint density at radius 3 is 2.74 bits per heavy atom. The third-order valence-electron chi connectivity index (χ3n) is 2.75. The molecule has 1 rings (SSSR count). The molecule has 0 radical (unpaired) electrons. The van der Waals surface area contributed by atoms with Crippen LogP contribution in [0.25, 0.3) is 0 Å². The molecule has 0 aliphatic rings. The quantitative estimate of drug-likeness (QED) is 0.305. The maximum Gasteiger partial charge on any atom is 0.140 e. The summed E-state index contributed by atoms with van der Waals surface area (Å²) in [5.41, 5.74) is 6.56. The summed E-state index contributed by atoms with van der Waals surface area (Å²) in [5, 5.41) is 21.0. The summed E-state index contributed by atoms with van der Waals surface area (Å²) in [6.45, 7) is 6.70. The first-order chi connectivity index (χ1) is 9.01. The van der Waals surface area contributed by atoms with Crippen LogP contribution in [0.5, 0.6) is 5.75 Å². The Morgan fingerprint density at radius 1 is 1.42 bits per heavy atom. The molecule has 0 amide bonds. The van der Waals surface area contributed by atoms with E-state index in [1.54, 1.807) is 12.1 Å². The van der Waals surface area contributed by atoms with E-state index >= 15 is 0 Å². The highest BCUT2D eigenvalue weighted by atomic mass is 16.4. The molecule has 106 valence electrons. The molecule has 0 fully saturated rings. The molecule has 5 nitrogen and oxygen atoms in total. The van der Waals surface area contributed by atoms with Crippen molar-refractivity contribution in [1.29, 1.82) is 0 Å². The van der Waals surface area contributed by atoms with Gasteiger partial charge in [-0.3, -0.25) is 4.90 Å². The largest absolute Gasteiger partial charge is 0.508 e. The van der Waals surface area contributed by atoms with Crippen LogP contribution in [0.4, 0.5) is 0 Å². The highest BCUT2D eigenvalue weighted by Crippen LogP contribution is 2.14. The van der Waals surface area contributed by atoms with Gasteiger partial charge < -0.3 is 16.0 Å². The maximum absolute atomic E-state index is 9.47. The first-order valence-electron chi connectivity index (χ1n) is 6.48. The summed E-state index contributed by atoms with van der Waals surface area (Å²) in [4.78, 5) is 2.23. The number of aromatic hydroxyl groups is 1. The number of phenols is 1. The van der Waals surface area contributed by atoms with Crippen LogP contribution < -0.4 is 5.73 Å². The van der Waals surface area contributed by atoms with Crippen LogP contribution in [0, 0.1) is 5.92 Å². The average molecular weight is 265 g/mol. The van der Waals surface area contributed by atoms with Crippen molar-refractivity contribution >= 4 is 5.84 Å². The Bertz CT molecular complexity index is 419. The number of amidine groups is 1. The number of nitrogens with two attached hydrogens (primary N) is 1. The number of oxime groups is 1. The lowest BCUT2D eigenvalue weighted by molar-refractivity contribution is 0.240. The van der Waals surface area contributed by atoms with E-state index in [2.05, 4.69) is 23.9 Å². The van der Waals surface area contributed by atoms with Gasteiger partial charge in [0.1, 0.15) is 11.6 Å². The molecule has 0 aliphatic heterocycles. The lowest BCUT2D eigenvalue weighted by atomic mass is 10.1. The molecule has 0 saturated heterocycles. The van der Waals surface area contributed by atoms with Crippen LogP contribution in [0.3, 0.4) is 0 Å². The summed E-state index contributed by atoms with van der Waals surface area (Å²) in [6, 6.07) is 7.24. The van der Waals surface area contributed by atoms with Gasteiger partial charge in [0.25, 0.3) is 0 Å². The van der Waals surface area contributed by atoms with Gasteiger partial charge in [-0.1, -0.05) is 31.1 Å². The van der Waals surface area contributed by atoms with Crippen LogP contribution in [-0.2, 0) is 6.54 Å². The first-order valence-corrected chi connectivity index (χ1v) is 6.48. The number of benzene rings is 1. The summed E-state index contributed by atoms with van der Waals surface area (Å²) in [6.07, 6.45) is 0.530. The van der Waals surface area contributed by atoms with E-state index in [4.69, 9.17) is 10.9 Å². The van der Waals surface area contributed by atoms with Crippen LogP contribution in [0.15, 0.2) is 29.4 Å². The minimum Gasteiger partial charge on any atom is -0.508 e. The van der Waals surface area contributed by atoms with Crippen molar-refractivity contribution in [2.24, 2.45) is 16.8 Å². The van der Waals surface area contributed by atoms with Crippen LogP contribution >= 0.6 is 0 Å². The van der Waals surface area contributed by atoms with E-state index < -0.39 is 0 Å². The standard InChI is InChI=1S/C14H23N3O2/c1-11(2)9-17(7-6-14(15)16-19)10-12-4-3-5-13(18)8-12/h3-5,8,11,18-19H,6-7,9-10H2,1-2H3,(H2,15,16). The van der Waals surface area contributed by atoms with Crippen molar-refractivity contribution in [1.82, 2.24) is 4.90 Å². The molecule has 0 aliphatic carbocycles. The number of nitrogens with zero attached hydrogens (tertiary/aromatic N) is 2. The molecule has 0 aromatic heterocycles. The normalized spacial score (nSPS) is 12.3. The lowest BCUT2D eigenvalue weighted by Crippen LogP contribution is -2.31. The minimum absolute atomic E-state index is 0.240. The second-order valence-electron chi connectivity index (χ2n) is 5.14. The summed E-state index contributed by atoms with van der Waals surface area (Å²) >= 11 is 0. The van der Waals surface area contributed by atoms with E-state index in [1.807, 2.05) is 12.1 Å². The second kappa shape index (κ2) is 7.63. The minimum atomic E-state index is 0.240. The molecular weight excluding hydrogens is 242 g/mol. The molecule has 0 unspecified atom stereocenters. The van der Waals surface area contributed by atoms with Gasteiger partial charge in [-0.05, 0) is 23.6 Å². The lowest BCUT2D eigenvalue weighted by Gasteiger charge is -2.24. The van der Waals surface area contributed by atoms with Crippen molar-refractivity contribution in [2.45, 2.75) is 26.8 Å². The molecule has 5 heteroatoms. The Labute approximate surface area is 114 Å². The fourth-order valence-corrected chi connectivity index (χ4v) is 1.99. The molecule has 19 heavy (non-hydrogen) atoms. The fourth-order valence-electron chi connectivity index (χ4n) is 1.99. The predicted molar refractivity (Wildman–Crippen MR) is 76.2 cm³/mol. The number of hydrogen-bond donors (Lipinski definition) is 3. The van der Waals surface area contributed by atoms with E-state index in [1.165, 1.54) is 0 Å².